The molecular formula is C22H22N2O4. The standard InChI is InChI=1S/C22H22N2O4/c1-27-17-7-3-15(4-8-17)13-23-19-11-20(22(26)12-21(19)25)24-14-16-5-9-18(28-2)10-6-16/h3-12,23,25H,13-14H2,1-2H3. The summed E-state index contributed by atoms with van der Waals surface area (Å²) in [5.41, 5.74) is 2.74. The first-order valence-electron chi connectivity index (χ1n) is 8.80. The van der Waals surface area contributed by atoms with Gasteiger partial charge in [-0.05, 0) is 41.5 Å². The van der Waals surface area contributed by atoms with E-state index in [1.165, 1.54) is 6.08 Å². The fraction of sp³-hybridized carbons (Fsp3) is 0.182. The number of carbonyl (C=O) groups excluding carboxylic acids is 1. The molecule has 0 heterocycles. The van der Waals surface area contributed by atoms with Crippen LogP contribution in [0.4, 0.5) is 0 Å². The lowest BCUT2D eigenvalue weighted by Crippen LogP contribution is -2.23. The monoisotopic (exact) mass is 378 g/mol. The molecule has 0 atom stereocenters. The summed E-state index contributed by atoms with van der Waals surface area (Å²) < 4.78 is 10.3. The number of aliphatic imine (C=N–C) groups is 1. The Balaban J connectivity index is 1.68. The first-order valence-corrected chi connectivity index (χ1v) is 8.80. The molecule has 0 radical (unpaired) electrons. The van der Waals surface area contributed by atoms with Crippen LogP contribution in [0.25, 0.3) is 0 Å². The van der Waals surface area contributed by atoms with E-state index in [-0.39, 0.29) is 11.5 Å². The molecule has 2 aromatic carbocycles. The Morgan fingerprint density at radius 3 is 2.04 bits per heavy atom. The maximum absolute atomic E-state index is 12.1. The fourth-order valence-electron chi connectivity index (χ4n) is 2.67. The number of aliphatic hydroxyl groups excluding tert-OH is 1. The first-order chi connectivity index (χ1) is 13.6. The summed E-state index contributed by atoms with van der Waals surface area (Å²) in [5, 5.41) is 13.2. The van der Waals surface area contributed by atoms with Crippen LogP contribution in [0.5, 0.6) is 11.5 Å². The average Bonchev–Trinajstić information content (AvgIpc) is 2.73. The molecule has 0 aromatic heterocycles. The second kappa shape index (κ2) is 8.90. The largest absolute Gasteiger partial charge is 0.506 e. The predicted octanol–water partition coefficient (Wildman–Crippen LogP) is 3.34. The van der Waals surface area contributed by atoms with Crippen LogP contribution in [-0.4, -0.2) is 30.8 Å². The number of nitrogens with zero attached hydrogens (tertiary/aromatic N) is 1. The zero-order chi connectivity index (χ0) is 19.9. The van der Waals surface area contributed by atoms with Crippen molar-refractivity contribution in [1.29, 1.82) is 0 Å². The molecule has 1 aliphatic carbocycles. The number of methoxy groups -OCH3 is 2. The number of aliphatic hydroxyl groups is 1. The van der Waals surface area contributed by atoms with Gasteiger partial charge in [0.2, 0.25) is 5.78 Å². The summed E-state index contributed by atoms with van der Waals surface area (Å²) in [6.45, 7) is 0.857. The third-order valence-electron chi connectivity index (χ3n) is 4.31. The van der Waals surface area contributed by atoms with Gasteiger partial charge in [-0.1, -0.05) is 24.3 Å². The molecular weight excluding hydrogens is 356 g/mol. The predicted molar refractivity (Wildman–Crippen MR) is 108 cm³/mol. The van der Waals surface area contributed by atoms with E-state index in [0.29, 0.717) is 24.5 Å². The van der Waals surface area contributed by atoms with E-state index >= 15 is 0 Å². The van der Waals surface area contributed by atoms with Crippen LogP contribution in [0.2, 0.25) is 0 Å². The van der Waals surface area contributed by atoms with E-state index in [9.17, 15) is 9.90 Å². The lowest BCUT2D eigenvalue weighted by Gasteiger charge is -2.15. The van der Waals surface area contributed by atoms with Crippen LogP contribution in [-0.2, 0) is 17.9 Å². The minimum Gasteiger partial charge on any atom is -0.506 e. The van der Waals surface area contributed by atoms with E-state index in [4.69, 9.17) is 9.47 Å². The molecule has 6 nitrogen and oxygen atoms in total. The minimum absolute atomic E-state index is 0.0955. The zero-order valence-electron chi connectivity index (χ0n) is 15.8. The molecule has 0 amide bonds. The van der Waals surface area contributed by atoms with Crippen molar-refractivity contribution in [3.05, 3.63) is 83.3 Å². The second-order valence-electron chi connectivity index (χ2n) is 6.20. The Kier molecular flexibility index (Phi) is 6.11. The Morgan fingerprint density at radius 2 is 1.46 bits per heavy atom. The second-order valence-corrected chi connectivity index (χ2v) is 6.20. The van der Waals surface area contributed by atoms with Gasteiger partial charge in [-0.2, -0.15) is 0 Å². The normalized spacial score (nSPS) is 15.1. The van der Waals surface area contributed by atoms with Crippen molar-refractivity contribution in [2.75, 3.05) is 14.2 Å². The highest BCUT2D eigenvalue weighted by atomic mass is 16.5. The molecule has 0 fully saturated rings. The quantitative estimate of drug-likeness (QED) is 0.723. The van der Waals surface area contributed by atoms with E-state index < -0.39 is 0 Å². The van der Waals surface area contributed by atoms with Crippen LogP contribution in [0.3, 0.4) is 0 Å². The summed E-state index contributed by atoms with van der Waals surface area (Å²) in [6, 6.07) is 15.1. The topological polar surface area (TPSA) is 80.2 Å². The number of allylic oxidation sites excluding steroid dienone is 2. The van der Waals surface area contributed by atoms with Gasteiger partial charge in [-0.25, -0.2) is 0 Å². The maximum atomic E-state index is 12.1. The van der Waals surface area contributed by atoms with Gasteiger partial charge in [0.1, 0.15) is 23.0 Å². The minimum atomic E-state index is -0.319. The molecule has 0 spiro atoms. The number of benzene rings is 2. The zero-order valence-corrected chi connectivity index (χ0v) is 15.8. The van der Waals surface area contributed by atoms with Crippen molar-refractivity contribution < 1.29 is 19.4 Å². The van der Waals surface area contributed by atoms with Crippen molar-refractivity contribution >= 4 is 11.5 Å². The van der Waals surface area contributed by atoms with Gasteiger partial charge in [-0.3, -0.25) is 9.79 Å². The lowest BCUT2D eigenvalue weighted by molar-refractivity contribution is -0.109. The van der Waals surface area contributed by atoms with Gasteiger partial charge in [0.15, 0.2) is 0 Å². The molecule has 28 heavy (non-hydrogen) atoms. The SMILES string of the molecule is COc1ccc(CN=C2C=C(NCc3ccc(OC)cc3)C(O)=CC2=O)cc1. The molecule has 0 bridgehead atoms. The number of ketones is 1. The first kappa shape index (κ1) is 19.2. The van der Waals surface area contributed by atoms with Gasteiger partial charge in [0, 0.05) is 12.6 Å². The van der Waals surface area contributed by atoms with Crippen LogP contribution in [0.15, 0.2) is 77.1 Å². The summed E-state index contributed by atoms with van der Waals surface area (Å²) in [4.78, 5) is 16.5. The molecule has 2 aromatic rings. The van der Waals surface area contributed by atoms with Crippen molar-refractivity contribution in [1.82, 2.24) is 5.32 Å². The van der Waals surface area contributed by atoms with Crippen LogP contribution in [0.1, 0.15) is 11.1 Å². The number of carbonyl (C=O) groups is 1. The van der Waals surface area contributed by atoms with Gasteiger partial charge in [0.05, 0.1) is 26.5 Å². The van der Waals surface area contributed by atoms with E-state index in [2.05, 4.69) is 10.3 Å². The molecule has 0 saturated heterocycles. The van der Waals surface area contributed by atoms with Gasteiger partial charge in [-0.15, -0.1) is 0 Å². The van der Waals surface area contributed by atoms with E-state index in [0.717, 1.165) is 22.6 Å². The number of ether oxygens (including phenoxy) is 2. The fourth-order valence-corrected chi connectivity index (χ4v) is 2.67. The summed E-state index contributed by atoms with van der Waals surface area (Å²) in [5.74, 6) is 1.13. The van der Waals surface area contributed by atoms with Gasteiger partial charge >= 0.3 is 0 Å². The Bertz CT molecular complexity index is 926. The highest BCUT2D eigenvalue weighted by molar-refractivity contribution is 6.49. The molecule has 2 N–H and O–H groups in total. The molecule has 0 aliphatic heterocycles. The van der Waals surface area contributed by atoms with Crippen LogP contribution >= 0.6 is 0 Å². The Morgan fingerprint density at radius 1 is 0.893 bits per heavy atom. The average molecular weight is 378 g/mol. The van der Waals surface area contributed by atoms with E-state index in [1.54, 1.807) is 20.3 Å². The lowest BCUT2D eigenvalue weighted by atomic mass is 10.1. The van der Waals surface area contributed by atoms with Crippen molar-refractivity contribution in [3.63, 3.8) is 0 Å². The van der Waals surface area contributed by atoms with Gasteiger partial charge < -0.3 is 19.9 Å². The van der Waals surface area contributed by atoms with Crippen molar-refractivity contribution in [2.45, 2.75) is 13.1 Å². The van der Waals surface area contributed by atoms with Crippen molar-refractivity contribution in [2.24, 2.45) is 4.99 Å². The maximum Gasteiger partial charge on any atom is 0.207 e. The number of hydrogen-bond acceptors (Lipinski definition) is 6. The third kappa shape index (κ3) is 4.79. The third-order valence-corrected chi connectivity index (χ3v) is 4.31. The van der Waals surface area contributed by atoms with Crippen LogP contribution in [0, 0.1) is 0 Å². The molecule has 0 unspecified atom stereocenters. The number of hydrogen-bond donors (Lipinski definition) is 2. The highest BCUT2D eigenvalue weighted by Crippen LogP contribution is 2.16. The Hall–Kier alpha value is -3.54. The summed E-state index contributed by atoms with van der Waals surface area (Å²) in [6.07, 6.45) is 2.76. The molecule has 1 aliphatic rings. The van der Waals surface area contributed by atoms with E-state index in [1.807, 2.05) is 48.5 Å². The smallest absolute Gasteiger partial charge is 0.207 e. The highest BCUT2D eigenvalue weighted by Gasteiger charge is 2.18. The number of nitrogens with one attached hydrogen (secondary N) is 1. The summed E-state index contributed by atoms with van der Waals surface area (Å²) in [7, 11) is 3.23. The molecule has 0 saturated carbocycles. The molecule has 3 rings (SSSR count). The molecule has 144 valence electrons. The molecule has 6 heteroatoms. The van der Waals surface area contributed by atoms with Crippen LogP contribution < -0.4 is 14.8 Å². The van der Waals surface area contributed by atoms with Gasteiger partial charge in [0.25, 0.3) is 0 Å². The van der Waals surface area contributed by atoms with Crippen molar-refractivity contribution in [3.8, 4) is 11.5 Å². The summed E-state index contributed by atoms with van der Waals surface area (Å²) >= 11 is 0. The number of rotatable bonds is 7. The Labute approximate surface area is 163 Å².